The molecule has 0 aliphatic heterocycles. The largest absolute Gasteiger partial charge is 0.480 e. The predicted molar refractivity (Wildman–Crippen MR) is 47.1 cm³/mol. The molecule has 1 heterocycles. The Balaban J connectivity index is 3.24. The van der Waals surface area contributed by atoms with Gasteiger partial charge in [-0.15, -0.1) is 0 Å². The predicted octanol–water partition coefficient (Wildman–Crippen LogP) is 1.67. The summed E-state index contributed by atoms with van der Waals surface area (Å²) in [5.41, 5.74) is -0.450. The molecule has 0 bridgehead atoms. The molecule has 0 amide bonds. The molecule has 0 radical (unpaired) electrons. The van der Waals surface area contributed by atoms with Gasteiger partial charge in [-0.3, -0.25) is 0 Å². The van der Waals surface area contributed by atoms with Gasteiger partial charge in [-0.2, -0.15) is 0 Å². The maximum absolute atomic E-state index is 13.1. The fraction of sp³-hybridized carbons (Fsp3) is 0.250. The summed E-state index contributed by atoms with van der Waals surface area (Å²) < 4.78 is 22.1. The Kier molecular flexibility index (Phi) is 3.24. The summed E-state index contributed by atoms with van der Waals surface area (Å²) in [4.78, 5) is 14.5. The first-order valence-corrected chi connectivity index (χ1v) is 3.96. The van der Waals surface area contributed by atoms with E-state index in [4.69, 9.17) is 16.3 Å². The van der Waals surface area contributed by atoms with Crippen LogP contribution >= 0.6 is 11.6 Å². The minimum absolute atomic E-state index is 0.00217. The summed E-state index contributed by atoms with van der Waals surface area (Å²) in [7, 11) is 2.44. The van der Waals surface area contributed by atoms with E-state index in [1.54, 1.807) is 0 Å². The molecule has 14 heavy (non-hydrogen) atoms. The van der Waals surface area contributed by atoms with E-state index in [0.717, 1.165) is 13.2 Å². The fourth-order valence-electron chi connectivity index (χ4n) is 0.833. The molecule has 0 fully saturated rings. The number of halogens is 2. The van der Waals surface area contributed by atoms with Crippen LogP contribution in [0.3, 0.4) is 0 Å². The molecule has 0 saturated carbocycles. The molecule has 76 valence electrons. The van der Waals surface area contributed by atoms with E-state index in [9.17, 15) is 9.18 Å². The fourth-order valence-corrected chi connectivity index (χ4v) is 1.05. The Morgan fingerprint density at radius 3 is 2.71 bits per heavy atom. The van der Waals surface area contributed by atoms with E-state index < -0.39 is 17.5 Å². The van der Waals surface area contributed by atoms with Crippen molar-refractivity contribution in [1.29, 1.82) is 0 Å². The average molecular weight is 220 g/mol. The van der Waals surface area contributed by atoms with Crippen LogP contribution in [0.5, 0.6) is 5.88 Å². The molecule has 6 heteroatoms. The highest BCUT2D eigenvalue weighted by molar-refractivity contribution is 6.31. The van der Waals surface area contributed by atoms with Gasteiger partial charge in [-0.05, 0) is 0 Å². The lowest BCUT2D eigenvalue weighted by molar-refractivity contribution is 0.0587. The molecule has 0 aliphatic carbocycles. The van der Waals surface area contributed by atoms with Crippen molar-refractivity contribution in [2.75, 3.05) is 14.2 Å². The van der Waals surface area contributed by atoms with Crippen LogP contribution in [0, 0.1) is 5.82 Å². The summed E-state index contributed by atoms with van der Waals surface area (Å²) in [6, 6.07) is 0.944. The van der Waals surface area contributed by atoms with E-state index in [2.05, 4.69) is 9.72 Å². The number of rotatable bonds is 2. The molecule has 0 N–H and O–H groups in total. The Bertz CT molecular complexity index is 370. The van der Waals surface area contributed by atoms with Crippen LogP contribution in [0.4, 0.5) is 4.39 Å². The number of carbonyl (C=O) groups is 1. The third-order valence-corrected chi connectivity index (χ3v) is 1.74. The van der Waals surface area contributed by atoms with Crippen LogP contribution in [0.25, 0.3) is 0 Å². The van der Waals surface area contributed by atoms with Gasteiger partial charge >= 0.3 is 5.97 Å². The molecule has 0 aromatic carbocycles. The highest BCUT2D eigenvalue weighted by atomic mass is 35.5. The summed E-state index contributed by atoms with van der Waals surface area (Å²) in [5, 5.41) is -0.00217. The van der Waals surface area contributed by atoms with Crippen LogP contribution in [0.2, 0.25) is 5.02 Å². The van der Waals surface area contributed by atoms with Gasteiger partial charge < -0.3 is 9.47 Å². The third-order valence-electron chi connectivity index (χ3n) is 1.47. The lowest BCUT2D eigenvalue weighted by Gasteiger charge is -2.04. The van der Waals surface area contributed by atoms with Gasteiger partial charge in [-0.1, -0.05) is 11.6 Å². The molecular formula is C8H7ClFNO3. The van der Waals surface area contributed by atoms with E-state index in [-0.39, 0.29) is 10.9 Å². The van der Waals surface area contributed by atoms with Crippen LogP contribution < -0.4 is 4.74 Å². The number of nitrogens with zero attached hydrogens (tertiary/aromatic N) is 1. The molecule has 0 aliphatic rings. The van der Waals surface area contributed by atoms with Gasteiger partial charge in [0.05, 0.1) is 14.2 Å². The SMILES string of the molecule is COC(=O)c1nc(OC)c(Cl)cc1F. The van der Waals surface area contributed by atoms with Crippen molar-refractivity contribution in [3.63, 3.8) is 0 Å². The molecule has 0 atom stereocenters. The van der Waals surface area contributed by atoms with Crippen molar-refractivity contribution in [1.82, 2.24) is 4.98 Å². The topological polar surface area (TPSA) is 48.4 Å². The van der Waals surface area contributed by atoms with Crippen molar-refractivity contribution in [3.8, 4) is 5.88 Å². The highest BCUT2D eigenvalue weighted by Crippen LogP contribution is 2.23. The van der Waals surface area contributed by atoms with Crippen LogP contribution in [0.15, 0.2) is 6.07 Å². The van der Waals surface area contributed by atoms with E-state index in [1.165, 1.54) is 7.11 Å². The molecular weight excluding hydrogens is 213 g/mol. The average Bonchev–Trinajstić information content (AvgIpc) is 2.17. The number of hydrogen-bond donors (Lipinski definition) is 0. The number of hydrogen-bond acceptors (Lipinski definition) is 4. The molecule has 1 aromatic rings. The van der Waals surface area contributed by atoms with Gasteiger partial charge in [0.15, 0.2) is 11.5 Å². The second kappa shape index (κ2) is 4.23. The van der Waals surface area contributed by atoms with Crippen molar-refractivity contribution >= 4 is 17.6 Å². The first-order chi connectivity index (χ1) is 6.60. The van der Waals surface area contributed by atoms with Gasteiger partial charge in [0.1, 0.15) is 5.02 Å². The summed E-state index contributed by atoms with van der Waals surface area (Å²) in [5.74, 6) is -1.74. The second-order valence-electron chi connectivity index (χ2n) is 2.30. The van der Waals surface area contributed by atoms with Crippen molar-refractivity contribution < 1.29 is 18.7 Å². The smallest absolute Gasteiger partial charge is 0.359 e. The second-order valence-corrected chi connectivity index (χ2v) is 2.71. The molecule has 1 aromatic heterocycles. The van der Waals surface area contributed by atoms with Gasteiger partial charge in [0.25, 0.3) is 0 Å². The van der Waals surface area contributed by atoms with Crippen LogP contribution in [0.1, 0.15) is 10.5 Å². The van der Waals surface area contributed by atoms with Crippen LogP contribution in [-0.4, -0.2) is 25.2 Å². The first-order valence-electron chi connectivity index (χ1n) is 3.58. The zero-order valence-corrected chi connectivity index (χ0v) is 8.26. The zero-order valence-electron chi connectivity index (χ0n) is 7.51. The normalized spacial score (nSPS) is 9.71. The van der Waals surface area contributed by atoms with Crippen molar-refractivity contribution in [2.45, 2.75) is 0 Å². The van der Waals surface area contributed by atoms with E-state index >= 15 is 0 Å². The maximum Gasteiger partial charge on any atom is 0.359 e. The molecule has 1 rings (SSSR count). The Morgan fingerprint density at radius 1 is 1.57 bits per heavy atom. The minimum atomic E-state index is -0.877. The molecule has 4 nitrogen and oxygen atoms in total. The first kappa shape index (κ1) is 10.7. The quantitative estimate of drug-likeness (QED) is 0.710. The van der Waals surface area contributed by atoms with Gasteiger partial charge in [0.2, 0.25) is 5.88 Å². The zero-order chi connectivity index (χ0) is 10.7. The van der Waals surface area contributed by atoms with Crippen molar-refractivity contribution in [3.05, 3.63) is 22.6 Å². The lowest BCUT2D eigenvalue weighted by atomic mass is 10.3. The monoisotopic (exact) mass is 219 g/mol. The third kappa shape index (κ3) is 1.93. The van der Waals surface area contributed by atoms with E-state index in [0.29, 0.717) is 0 Å². The Hall–Kier alpha value is -1.36. The van der Waals surface area contributed by atoms with Gasteiger partial charge in [0, 0.05) is 6.07 Å². The number of carbonyl (C=O) groups excluding carboxylic acids is 1. The molecule has 0 saturated heterocycles. The van der Waals surface area contributed by atoms with E-state index in [1.807, 2.05) is 0 Å². The maximum atomic E-state index is 13.1. The minimum Gasteiger partial charge on any atom is -0.480 e. The summed E-state index contributed by atoms with van der Waals surface area (Å²) >= 11 is 5.57. The molecule has 0 spiro atoms. The summed E-state index contributed by atoms with van der Waals surface area (Å²) in [6.45, 7) is 0. The van der Waals surface area contributed by atoms with Crippen LogP contribution in [-0.2, 0) is 4.74 Å². The number of ether oxygens (including phenoxy) is 2. The van der Waals surface area contributed by atoms with Crippen molar-refractivity contribution in [2.24, 2.45) is 0 Å². The number of methoxy groups -OCH3 is 2. The highest BCUT2D eigenvalue weighted by Gasteiger charge is 2.17. The Labute approximate surface area is 84.6 Å². The number of esters is 1. The summed E-state index contributed by atoms with van der Waals surface area (Å²) in [6.07, 6.45) is 0. The standard InChI is InChI=1S/C8H7ClFNO3/c1-13-7-4(9)3-5(10)6(11-7)8(12)14-2/h3H,1-2H3. The molecule has 0 unspecified atom stereocenters. The lowest BCUT2D eigenvalue weighted by Crippen LogP contribution is -2.08. The Morgan fingerprint density at radius 2 is 2.21 bits per heavy atom. The number of aromatic nitrogens is 1. The number of pyridine rings is 1. The van der Waals surface area contributed by atoms with Gasteiger partial charge in [-0.25, -0.2) is 14.2 Å².